The molecule has 6 heteroatoms. The highest BCUT2D eigenvalue weighted by atomic mass is 16.5. The molecule has 0 radical (unpaired) electrons. The van der Waals surface area contributed by atoms with Gasteiger partial charge in [-0.2, -0.15) is 0 Å². The molecule has 124 valence electrons. The molecule has 0 aliphatic heterocycles. The summed E-state index contributed by atoms with van der Waals surface area (Å²) in [5.41, 5.74) is 0. The first-order valence-electron chi connectivity index (χ1n) is 7.99. The normalized spacial score (nSPS) is 16.1. The van der Waals surface area contributed by atoms with Crippen LogP contribution in [0.15, 0.2) is 0 Å². The van der Waals surface area contributed by atoms with Gasteiger partial charge in [0.1, 0.15) is 6.61 Å². The van der Waals surface area contributed by atoms with E-state index in [1.54, 1.807) is 7.11 Å². The molecule has 0 aromatic carbocycles. The first kappa shape index (κ1) is 18.2. The second-order valence-corrected chi connectivity index (χ2v) is 5.58. The zero-order valence-electron chi connectivity index (χ0n) is 13.2. The number of alkyl carbamates (subject to hydrolysis) is 1. The van der Waals surface area contributed by atoms with Gasteiger partial charge in [0.25, 0.3) is 0 Å². The van der Waals surface area contributed by atoms with Crippen LogP contribution < -0.4 is 5.32 Å². The SMILES string of the molecule is COCCNC(=O)OCCN(CCO)CC1CCCCC1. The Balaban J connectivity index is 2.16. The van der Waals surface area contributed by atoms with Crippen molar-refractivity contribution in [2.75, 3.05) is 53.1 Å². The molecular formula is C15H30N2O4. The van der Waals surface area contributed by atoms with Crippen molar-refractivity contribution in [1.29, 1.82) is 0 Å². The lowest BCUT2D eigenvalue weighted by molar-refractivity contribution is 0.105. The number of hydrogen-bond donors (Lipinski definition) is 2. The molecule has 1 aliphatic carbocycles. The number of methoxy groups -OCH3 is 1. The van der Waals surface area contributed by atoms with Crippen LogP contribution in [0.25, 0.3) is 0 Å². The van der Waals surface area contributed by atoms with E-state index >= 15 is 0 Å². The number of nitrogens with one attached hydrogen (secondary N) is 1. The Bertz CT molecular complexity index is 270. The topological polar surface area (TPSA) is 71.0 Å². The summed E-state index contributed by atoms with van der Waals surface area (Å²) in [5.74, 6) is 0.723. The van der Waals surface area contributed by atoms with Gasteiger partial charge in [0, 0.05) is 33.3 Å². The van der Waals surface area contributed by atoms with Gasteiger partial charge >= 0.3 is 6.09 Å². The smallest absolute Gasteiger partial charge is 0.407 e. The molecule has 1 rings (SSSR count). The van der Waals surface area contributed by atoms with Crippen LogP contribution in [0.2, 0.25) is 0 Å². The summed E-state index contributed by atoms with van der Waals surface area (Å²) in [6.07, 6.45) is 6.13. The fourth-order valence-corrected chi connectivity index (χ4v) is 2.74. The number of ether oxygens (including phenoxy) is 2. The molecule has 0 aromatic rings. The van der Waals surface area contributed by atoms with Crippen molar-refractivity contribution < 1.29 is 19.4 Å². The minimum absolute atomic E-state index is 0.146. The van der Waals surface area contributed by atoms with Crippen LogP contribution in [0.4, 0.5) is 4.79 Å². The van der Waals surface area contributed by atoms with Crippen molar-refractivity contribution in [2.45, 2.75) is 32.1 Å². The maximum Gasteiger partial charge on any atom is 0.407 e. The zero-order valence-corrected chi connectivity index (χ0v) is 13.2. The molecule has 0 aromatic heterocycles. The van der Waals surface area contributed by atoms with Gasteiger partial charge in [-0.05, 0) is 18.8 Å². The molecular weight excluding hydrogens is 272 g/mol. The summed E-state index contributed by atoms with van der Waals surface area (Å²) in [7, 11) is 1.59. The number of aliphatic hydroxyl groups is 1. The highest BCUT2D eigenvalue weighted by Crippen LogP contribution is 2.24. The molecule has 1 fully saturated rings. The summed E-state index contributed by atoms with van der Waals surface area (Å²) in [5, 5.41) is 11.8. The number of carbonyl (C=O) groups is 1. The second kappa shape index (κ2) is 11.8. The molecule has 6 nitrogen and oxygen atoms in total. The molecule has 0 bridgehead atoms. The minimum atomic E-state index is -0.409. The van der Waals surface area contributed by atoms with Gasteiger partial charge in [0.05, 0.1) is 13.2 Å². The molecule has 0 unspecified atom stereocenters. The second-order valence-electron chi connectivity index (χ2n) is 5.58. The first-order valence-corrected chi connectivity index (χ1v) is 7.99. The van der Waals surface area contributed by atoms with Crippen LogP contribution in [0.5, 0.6) is 0 Å². The van der Waals surface area contributed by atoms with Gasteiger partial charge in [-0.25, -0.2) is 4.79 Å². The minimum Gasteiger partial charge on any atom is -0.448 e. The number of nitrogens with zero attached hydrogens (tertiary/aromatic N) is 1. The zero-order chi connectivity index (χ0) is 15.3. The summed E-state index contributed by atoms with van der Waals surface area (Å²) < 4.78 is 9.97. The molecule has 0 saturated heterocycles. The fraction of sp³-hybridized carbons (Fsp3) is 0.933. The highest BCUT2D eigenvalue weighted by molar-refractivity contribution is 5.67. The Hall–Kier alpha value is -0.850. The van der Waals surface area contributed by atoms with Crippen LogP contribution >= 0.6 is 0 Å². The summed E-state index contributed by atoms with van der Waals surface area (Å²) in [4.78, 5) is 13.6. The van der Waals surface area contributed by atoms with Gasteiger partial charge in [0.15, 0.2) is 0 Å². The first-order chi connectivity index (χ1) is 10.3. The number of hydrogen-bond acceptors (Lipinski definition) is 5. The average molecular weight is 302 g/mol. The number of rotatable bonds is 10. The van der Waals surface area contributed by atoms with Crippen molar-refractivity contribution in [2.24, 2.45) is 5.92 Å². The van der Waals surface area contributed by atoms with Gasteiger partial charge < -0.3 is 19.9 Å². The Morgan fingerprint density at radius 3 is 2.67 bits per heavy atom. The Morgan fingerprint density at radius 2 is 2.00 bits per heavy atom. The van der Waals surface area contributed by atoms with E-state index in [-0.39, 0.29) is 6.61 Å². The molecule has 0 heterocycles. The Labute approximate surface area is 127 Å². The molecule has 1 saturated carbocycles. The van der Waals surface area contributed by atoms with E-state index in [2.05, 4.69) is 10.2 Å². The van der Waals surface area contributed by atoms with Crippen molar-refractivity contribution in [3.05, 3.63) is 0 Å². The van der Waals surface area contributed by atoms with E-state index in [1.807, 2.05) is 0 Å². The van der Waals surface area contributed by atoms with E-state index in [1.165, 1.54) is 32.1 Å². The van der Waals surface area contributed by atoms with E-state index in [9.17, 15) is 4.79 Å². The molecule has 2 N–H and O–H groups in total. The molecule has 1 aliphatic rings. The summed E-state index contributed by atoms with van der Waals surface area (Å²) in [6.45, 7) is 3.75. The van der Waals surface area contributed by atoms with Crippen LogP contribution in [0.1, 0.15) is 32.1 Å². The number of carbonyl (C=O) groups excluding carboxylic acids is 1. The molecule has 0 spiro atoms. The largest absolute Gasteiger partial charge is 0.448 e. The third-order valence-electron chi connectivity index (χ3n) is 3.87. The van der Waals surface area contributed by atoms with Crippen molar-refractivity contribution in [3.8, 4) is 0 Å². The lowest BCUT2D eigenvalue weighted by Crippen LogP contribution is -2.37. The monoisotopic (exact) mass is 302 g/mol. The highest BCUT2D eigenvalue weighted by Gasteiger charge is 2.17. The van der Waals surface area contributed by atoms with Crippen molar-refractivity contribution in [3.63, 3.8) is 0 Å². The maximum absolute atomic E-state index is 11.4. The van der Waals surface area contributed by atoms with Gasteiger partial charge in [-0.1, -0.05) is 19.3 Å². The van der Waals surface area contributed by atoms with Gasteiger partial charge in [-0.15, -0.1) is 0 Å². The van der Waals surface area contributed by atoms with E-state index in [0.29, 0.717) is 32.8 Å². The third-order valence-corrected chi connectivity index (χ3v) is 3.87. The van der Waals surface area contributed by atoms with Gasteiger partial charge in [0.2, 0.25) is 0 Å². The predicted molar refractivity (Wildman–Crippen MR) is 81.3 cm³/mol. The van der Waals surface area contributed by atoms with E-state index < -0.39 is 6.09 Å². The van der Waals surface area contributed by atoms with Crippen LogP contribution in [0, 0.1) is 5.92 Å². The lowest BCUT2D eigenvalue weighted by Gasteiger charge is -2.29. The molecule has 1 amide bonds. The average Bonchev–Trinajstić information content (AvgIpc) is 2.49. The number of aliphatic hydroxyl groups excluding tert-OH is 1. The quantitative estimate of drug-likeness (QED) is 0.594. The third kappa shape index (κ3) is 8.90. The van der Waals surface area contributed by atoms with Crippen LogP contribution in [-0.2, 0) is 9.47 Å². The van der Waals surface area contributed by atoms with Crippen molar-refractivity contribution in [1.82, 2.24) is 10.2 Å². The van der Waals surface area contributed by atoms with Gasteiger partial charge in [-0.3, -0.25) is 4.90 Å². The Morgan fingerprint density at radius 1 is 1.24 bits per heavy atom. The summed E-state index contributed by atoms with van der Waals surface area (Å²) in [6, 6.07) is 0. The predicted octanol–water partition coefficient (Wildman–Crippen LogP) is 1.23. The summed E-state index contributed by atoms with van der Waals surface area (Å²) >= 11 is 0. The van der Waals surface area contributed by atoms with Crippen molar-refractivity contribution >= 4 is 6.09 Å². The molecule has 0 atom stereocenters. The lowest BCUT2D eigenvalue weighted by atomic mass is 9.89. The Kier molecular flexibility index (Phi) is 10.2. The van der Waals surface area contributed by atoms with Crippen LogP contribution in [-0.4, -0.2) is 69.2 Å². The number of amides is 1. The van der Waals surface area contributed by atoms with E-state index in [4.69, 9.17) is 14.6 Å². The maximum atomic E-state index is 11.4. The fourth-order valence-electron chi connectivity index (χ4n) is 2.74. The molecule has 21 heavy (non-hydrogen) atoms. The van der Waals surface area contributed by atoms with E-state index in [0.717, 1.165) is 12.5 Å². The van der Waals surface area contributed by atoms with Crippen LogP contribution in [0.3, 0.4) is 0 Å². The standard InChI is InChI=1S/C15H30N2O4/c1-20-11-7-16-15(19)21-12-9-17(8-10-18)13-14-5-3-2-4-6-14/h14,18H,2-13H2,1H3,(H,16,19).